The minimum atomic E-state index is 0. The molecule has 0 heterocycles. The van der Waals surface area contributed by atoms with E-state index in [0.717, 1.165) is 0 Å². The first-order chi connectivity index (χ1) is 13.9. The van der Waals surface area contributed by atoms with E-state index in [9.17, 15) is 0 Å². The average Bonchev–Trinajstić information content (AvgIpc) is 2.30. The fraction of sp³-hybridized carbons (Fsp3) is 0.750. The molecule has 0 atom stereocenters. The molecule has 0 amide bonds. The third-order valence-corrected chi connectivity index (χ3v) is 0. The van der Waals surface area contributed by atoms with Gasteiger partial charge in [0.15, 0.2) is 0 Å². The Kier molecular flexibility index (Phi) is 97.9. The van der Waals surface area contributed by atoms with Gasteiger partial charge in [-0.25, -0.2) is 0 Å². The molecular formula is C32H72Pr-8. The zero-order valence-electron chi connectivity index (χ0n) is 28.6. The van der Waals surface area contributed by atoms with Gasteiger partial charge in [0, 0.05) is 41.3 Å². The van der Waals surface area contributed by atoms with Gasteiger partial charge in [0.05, 0.1) is 0 Å². The molecule has 0 aliphatic heterocycles. The summed E-state index contributed by atoms with van der Waals surface area (Å²) >= 11 is 0. The van der Waals surface area contributed by atoms with Crippen LogP contribution in [0.4, 0.5) is 0 Å². The number of hydrogen-bond donors (Lipinski definition) is 0. The van der Waals surface area contributed by atoms with Crippen molar-refractivity contribution >= 4 is 0 Å². The van der Waals surface area contributed by atoms with Gasteiger partial charge < -0.3 is 47.3 Å². The largest absolute Gasteiger partial charge is 0.323 e. The molecule has 0 unspecified atom stereocenters. The van der Waals surface area contributed by atoms with Gasteiger partial charge in [0.2, 0.25) is 0 Å². The van der Waals surface area contributed by atoms with Crippen LogP contribution in [0, 0.1) is 88.6 Å². The van der Waals surface area contributed by atoms with Crippen molar-refractivity contribution < 1.29 is 41.3 Å². The normalized spacial score (nSPS) is 8.73. The van der Waals surface area contributed by atoms with E-state index in [1.54, 1.807) is 0 Å². The van der Waals surface area contributed by atoms with E-state index in [2.05, 4.69) is 166 Å². The van der Waals surface area contributed by atoms with Gasteiger partial charge >= 0.3 is 0 Å². The molecule has 0 saturated carbocycles. The summed E-state index contributed by atoms with van der Waals surface area (Å²) in [6.45, 7) is 50.0. The molecule has 211 valence electrons. The molecule has 0 aliphatic rings. The summed E-state index contributed by atoms with van der Waals surface area (Å²) in [6.07, 6.45) is 0. The molecule has 0 rings (SSSR count). The summed E-state index contributed by atoms with van der Waals surface area (Å²) in [6, 6.07) is 0. The van der Waals surface area contributed by atoms with E-state index >= 15 is 0 Å². The zero-order valence-corrected chi connectivity index (χ0v) is 32.3. The van der Waals surface area contributed by atoms with Crippen LogP contribution in [0.25, 0.3) is 0 Å². The first kappa shape index (κ1) is 59.5. The van der Waals surface area contributed by atoms with Crippen molar-refractivity contribution in [1.82, 2.24) is 0 Å². The Morgan fingerprint density at radius 1 is 0.152 bits per heavy atom. The third kappa shape index (κ3) is 17600. The Hall–Kier alpha value is 1.36. The first-order valence-electron chi connectivity index (χ1n) is 12.0. The summed E-state index contributed by atoms with van der Waals surface area (Å²) in [5.41, 5.74) is 0. The minimum absolute atomic E-state index is 0. The maximum atomic E-state index is 2.08. The fourth-order valence-corrected chi connectivity index (χ4v) is 0. The maximum Gasteiger partial charge on any atom is 0 e. The molecule has 0 aromatic heterocycles. The summed E-state index contributed by atoms with van der Waals surface area (Å²) in [5.74, 6) is 11.3. The zero-order chi connectivity index (χ0) is 28.6. The summed E-state index contributed by atoms with van der Waals surface area (Å²) < 4.78 is 0. The van der Waals surface area contributed by atoms with Gasteiger partial charge in [-0.15, -0.1) is 0 Å². The Morgan fingerprint density at radius 3 is 0.152 bits per heavy atom. The molecule has 0 N–H and O–H groups in total. The molecular weight excluding hydrogens is 525 g/mol. The monoisotopic (exact) mass is 597 g/mol. The second-order valence-electron chi connectivity index (χ2n) is 12.0. The fourth-order valence-electron chi connectivity index (χ4n) is 0. The van der Waals surface area contributed by atoms with Crippen LogP contribution in [0.15, 0.2) is 0 Å². The van der Waals surface area contributed by atoms with Crippen molar-refractivity contribution in [3.8, 4) is 0 Å². The van der Waals surface area contributed by atoms with E-state index in [-0.39, 0.29) is 41.3 Å². The second kappa shape index (κ2) is 54.3. The SMILES string of the molecule is C[C-](C)C.C[C-](C)C.C[C-](C)C.C[C-](C)C.C[C-](C)C.C[C-](C)C.C[C-](C)C.C[C-](C)C.[Pr]. The van der Waals surface area contributed by atoms with E-state index in [4.69, 9.17) is 0 Å². The molecule has 0 fully saturated rings. The maximum absolute atomic E-state index is 2.08. The molecule has 1 heteroatoms. The summed E-state index contributed by atoms with van der Waals surface area (Å²) in [7, 11) is 0. The van der Waals surface area contributed by atoms with Crippen LogP contribution < -0.4 is 0 Å². The minimum Gasteiger partial charge on any atom is -0.323 e. The molecule has 0 bridgehead atoms. The molecule has 0 spiro atoms. The van der Waals surface area contributed by atoms with E-state index in [1.807, 2.05) is 0 Å². The Balaban J connectivity index is -0.0000000284. The van der Waals surface area contributed by atoms with Crippen LogP contribution in [-0.4, -0.2) is 0 Å². The Bertz CT molecular complexity index is 117. The van der Waals surface area contributed by atoms with Crippen molar-refractivity contribution in [1.29, 1.82) is 0 Å². The first-order valence-corrected chi connectivity index (χ1v) is 12.0. The quantitative estimate of drug-likeness (QED) is 0.244. The number of hydrogen-bond acceptors (Lipinski definition) is 0. The predicted molar refractivity (Wildman–Crippen MR) is 162 cm³/mol. The molecule has 0 aromatic carbocycles. The van der Waals surface area contributed by atoms with E-state index in [1.165, 1.54) is 47.3 Å². The smallest absolute Gasteiger partial charge is 0 e. The van der Waals surface area contributed by atoms with Gasteiger partial charge in [0.1, 0.15) is 0 Å². The molecule has 33 heavy (non-hydrogen) atoms. The van der Waals surface area contributed by atoms with Gasteiger partial charge in [-0.2, -0.15) is 166 Å². The predicted octanol–water partition coefficient (Wildman–Crippen LogP) is 13.0. The Morgan fingerprint density at radius 2 is 0.152 bits per heavy atom. The van der Waals surface area contributed by atoms with Gasteiger partial charge in [-0.1, -0.05) is 0 Å². The van der Waals surface area contributed by atoms with E-state index in [0.29, 0.717) is 0 Å². The van der Waals surface area contributed by atoms with Crippen molar-refractivity contribution in [2.75, 3.05) is 0 Å². The molecule has 1 radical (unpaired) electrons. The van der Waals surface area contributed by atoms with Crippen LogP contribution in [0.5, 0.6) is 0 Å². The summed E-state index contributed by atoms with van der Waals surface area (Å²) in [5, 5.41) is 0. The van der Waals surface area contributed by atoms with Crippen LogP contribution in [0.2, 0.25) is 0 Å². The van der Waals surface area contributed by atoms with Crippen LogP contribution in [-0.2, 0) is 0 Å². The number of rotatable bonds is 0. The van der Waals surface area contributed by atoms with Crippen LogP contribution >= 0.6 is 0 Å². The standard InChI is InChI=1S/8C4H9.Pr/c8*1-4(2)3;/h8*1-3H3;/q8*-1;. The molecule has 0 aliphatic carbocycles. The van der Waals surface area contributed by atoms with Crippen LogP contribution in [0.1, 0.15) is 166 Å². The van der Waals surface area contributed by atoms with Crippen molar-refractivity contribution in [3.63, 3.8) is 0 Å². The average molecular weight is 598 g/mol. The molecule has 0 nitrogen and oxygen atoms in total. The van der Waals surface area contributed by atoms with Crippen LogP contribution in [0.3, 0.4) is 0 Å². The second-order valence-corrected chi connectivity index (χ2v) is 12.0. The van der Waals surface area contributed by atoms with Crippen molar-refractivity contribution in [2.45, 2.75) is 166 Å². The Labute approximate surface area is 253 Å². The van der Waals surface area contributed by atoms with Gasteiger partial charge in [-0.05, 0) is 0 Å². The topological polar surface area (TPSA) is 0 Å². The van der Waals surface area contributed by atoms with Gasteiger partial charge in [-0.3, -0.25) is 0 Å². The molecule has 0 aromatic rings. The third-order valence-electron chi connectivity index (χ3n) is 0. The molecule has 0 saturated heterocycles. The van der Waals surface area contributed by atoms with Gasteiger partial charge in [0.25, 0.3) is 0 Å². The van der Waals surface area contributed by atoms with E-state index < -0.39 is 0 Å². The van der Waals surface area contributed by atoms with Crippen molar-refractivity contribution in [3.05, 3.63) is 47.3 Å². The summed E-state index contributed by atoms with van der Waals surface area (Å²) in [4.78, 5) is 0. The van der Waals surface area contributed by atoms with Crippen molar-refractivity contribution in [2.24, 2.45) is 0 Å².